The van der Waals surface area contributed by atoms with Gasteiger partial charge in [-0.05, 0) is 25.3 Å². The van der Waals surface area contributed by atoms with E-state index in [1.165, 1.54) is 22.3 Å². The quantitative estimate of drug-likeness (QED) is 0.653. The Morgan fingerprint density at radius 3 is 1.68 bits per heavy atom. The molecule has 0 spiro atoms. The van der Waals surface area contributed by atoms with Gasteiger partial charge in [-0.1, -0.05) is 67.9 Å². The van der Waals surface area contributed by atoms with E-state index < -0.39 is 0 Å². The molecule has 0 saturated carbocycles. The van der Waals surface area contributed by atoms with Crippen molar-refractivity contribution in [3.63, 3.8) is 0 Å². The van der Waals surface area contributed by atoms with Crippen molar-refractivity contribution in [1.82, 2.24) is 0 Å². The van der Waals surface area contributed by atoms with Crippen LogP contribution in [-0.2, 0) is 5.41 Å². The van der Waals surface area contributed by atoms with E-state index in [-0.39, 0.29) is 5.41 Å². The van der Waals surface area contributed by atoms with E-state index in [2.05, 4.69) is 83.1 Å². The maximum absolute atomic E-state index is 4.41. The SMILES string of the molecule is [CH2+]C(C)(c1ccc(C)cc1)c1ccc(C(C)C)cc1. The Balaban J connectivity index is 2.35. The summed E-state index contributed by atoms with van der Waals surface area (Å²) in [6.07, 6.45) is 0. The summed E-state index contributed by atoms with van der Waals surface area (Å²) >= 11 is 0. The Hall–Kier alpha value is -1.69. The summed E-state index contributed by atoms with van der Waals surface area (Å²) in [6.45, 7) is 13.2. The van der Waals surface area contributed by atoms with E-state index in [1.54, 1.807) is 0 Å². The highest BCUT2D eigenvalue weighted by atomic mass is 14.3. The van der Waals surface area contributed by atoms with Gasteiger partial charge in [-0.25, -0.2) is 0 Å². The Labute approximate surface area is 117 Å². The Bertz CT molecular complexity index is 527. The molecule has 98 valence electrons. The molecule has 2 aromatic rings. The second-order valence-corrected chi connectivity index (χ2v) is 5.97. The molecule has 1 unspecified atom stereocenters. The molecule has 19 heavy (non-hydrogen) atoms. The van der Waals surface area contributed by atoms with E-state index in [4.69, 9.17) is 0 Å². The first-order valence-electron chi connectivity index (χ1n) is 6.94. The van der Waals surface area contributed by atoms with Crippen LogP contribution in [0.25, 0.3) is 0 Å². The third-order valence-corrected chi connectivity index (χ3v) is 3.90. The second-order valence-electron chi connectivity index (χ2n) is 5.97. The molecule has 0 nitrogen and oxygen atoms in total. The van der Waals surface area contributed by atoms with Crippen LogP contribution in [0.15, 0.2) is 48.5 Å². The molecule has 0 aliphatic rings. The third kappa shape index (κ3) is 2.84. The fourth-order valence-electron chi connectivity index (χ4n) is 2.32. The van der Waals surface area contributed by atoms with Crippen LogP contribution in [0.1, 0.15) is 48.9 Å². The van der Waals surface area contributed by atoms with Gasteiger partial charge in [-0.2, -0.15) is 0 Å². The lowest BCUT2D eigenvalue weighted by Gasteiger charge is -2.20. The summed E-state index contributed by atoms with van der Waals surface area (Å²) in [6, 6.07) is 17.5. The summed E-state index contributed by atoms with van der Waals surface area (Å²) in [4.78, 5) is 0. The second kappa shape index (κ2) is 5.13. The summed E-state index contributed by atoms with van der Waals surface area (Å²) in [5, 5.41) is 0. The lowest BCUT2D eigenvalue weighted by atomic mass is 9.77. The average molecular weight is 251 g/mol. The molecule has 0 aromatic heterocycles. The normalized spacial score (nSPS) is 14.4. The molecule has 2 aromatic carbocycles. The van der Waals surface area contributed by atoms with E-state index >= 15 is 0 Å². The van der Waals surface area contributed by atoms with Gasteiger partial charge in [-0.15, -0.1) is 0 Å². The standard InChI is InChI=1S/C19H23/c1-14(2)16-8-12-18(13-9-16)19(4,5)17-10-6-15(3)7-11-17/h6-14H,4H2,1-3,5H3/q+1. The summed E-state index contributed by atoms with van der Waals surface area (Å²) in [5.41, 5.74) is 5.00. The van der Waals surface area contributed by atoms with Gasteiger partial charge in [0.05, 0.1) is 6.92 Å². The number of hydrogen-bond donors (Lipinski definition) is 0. The molecule has 0 fully saturated rings. The Kier molecular flexibility index (Phi) is 3.71. The number of aryl methyl sites for hydroxylation is 1. The molecule has 2 rings (SSSR count). The Morgan fingerprint density at radius 2 is 1.26 bits per heavy atom. The van der Waals surface area contributed by atoms with Crippen molar-refractivity contribution in [1.29, 1.82) is 0 Å². The highest BCUT2D eigenvalue weighted by Crippen LogP contribution is 2.31. The number of hydrogen-bond acceptors (Lipinski definition) is 0. The lowest BCUT2D eigenvalue weighted by molar-refractivity contribution is 0.717. The number of benzene rings is 2. The van der Waals surface area contributed by atoms with Crippen molar-refractivity contribution in [3.8, 4) is 0 Å². The maximum atomic E-state index is 4.41. The van der Waals surface area contributed by atoms with Gasteiger partial charge in [0.1, 0.15) is 0 Å². The molecule has 0 heterocycles. The molecule has 0 aliphatic carbocycles. The van der Waals surface area contributed by atoms with Gasteiger partial charge < -0.3 is 0 Å². The molecule has 0 N–H and O–H groups in total. The minimum atomic E-state index is -0.191. The lowest BCUT2D eigenvalue weighted by Crippen LogP contribution is -2.19. The van der Waals surface area contributed by atoms with E-state index in [0.29, 0.717) is 5.92 Å². The van der Waals surface area contributed by atoms with Crippen molar-refractivity contribution in [2.24, 2.45) is 0 Å². The third-order valence-electron chi connectivity index (χ3n) is 3.90. The van der Waals surface area contributed by atoms with Crippen molar-refractivity contribution >= 4 is 0 Å². The molecular weight excluding hydrogens is 228 g/mol. The first-order chi connectivity index (χ1) is 8.91. The predicted octanol–water partition coefficient (Wildman–Crippen LogP) is 5.26. The number of rotatable bonds is 3. The maximum Gasteiger partial charge on any atom is 0.152 e. The summed E-state index contributed by atoms with van der Waals surface area (Å²) in [7, 11) is 0. The summed E-state index contributed by atoms with van der Waals surface area (Å²) in [5.74, 6) is 0.574. The zero-order valence-corrected chi connectivity index (χ0v) is 12.4. The van der Waals surface area contributed by atoms with E-state index in [0.717, 1.165) is 0 Å². The van der Waals surface area contributed by atoms with Crippen molar-refractivity contribution < 1.29 is 0 Å². The molecule has 0 amide bonds. The Morgan fingerprint density at radius 1 is 0.842 bits per heavy atom. The molecular formula is C19H23+. The minimum absolute atomic E-state index is 0.191. The van der Waals surface area contributed by atoms with Gasteiger partial charge in [0.25, 0.3) is 0 Å². The van der Waals surface area contributed by atoms with Gasteiger partial charge >= 0.3 is 0 Å². The predicted molar refractivity (Wildman–Crippen MR) is 83.5 cm³/mol. The van der Waals surface area contributed by atoms with Gasteiger partial charge in [0.2, 0.25) is 0 Å². The molecule has 0 aliphatic heterocycles. The fraction of sp³-hybridized carbons (Fsp3) is 0.316. The van der Waals surface area contributed by atoms with Gasteiger partial charge in [0.15, 0.2) is 5.41 Å². The van der Waals surface area contributed by atoms with Crippen LogP contribution in [0, 0.1) is 13.8 Å². The van der Waals surface area contributed by atoms with Crippen LogP contribution in [-0.4, -0.2) is 0 Å². The smallest absolute Gasteiger partial charge is 0.0589 e. The topological polar surface area (TPSA) is 0 Å². The molecule has 0 saturated heterocycles. The highest BCUT2D eigenvalue weighted by molar-refractivity contribution is 5.41. The molecule has 0 radical (unpaired) electrons. The van der Waals surface area contributed by atoms with Crippen molar-refractivity contribution in [3.05, 3.63) is 77.7 Å². The first-order valence-corrected chi connectivity index (χ1v) is 6.94. The van der Waals surface area contributed by atoms with Crippen LogP contribution in [0.4, 0.5) is 0 Å². The largest absolute Gasteiger partial charge is 0.152 e. The summed E-state index contributed by atoms with van der Waals surface area (Å²) < 4.78 is 0. The fourth-order valence-corrected chi connectivity index (χ4v) is 2.32. The zero-order chi connectivity index (χ0) is 14.0. The van der Waals surface area contributed by atoms with Crippen LogP contribution in [0.2, 0.25) is 0 Å². The van der Waals surface area contributed by atoms with Crippen molar-refractivity contribution in [2.45, 2.75) is 39.0 Å². The monoisotopic (exact) mass is 251 g/mol. The van der Waals surface area contributed by atoms with E-state index in [1.807, 2.05) is 0 Å². The molecule has 0 bridgehead atoms. The molecule has 1 atom stereocenters. The van der Waals surface area contributed by atoms with Crippen LogP contribution < -0.4 is 0 Å². The van der Waals surface area contributed by atoms with Crippen LogP contribution in [0.3, 0.4) is 0 Å². The minimum Gasteiger partial charge on any atom is -0.0589 e. The first kappa shape index (κ1) is 13.7. The average Bonchev–Trinajstić information content (AvgIpc) is 2.39. The van der Waals surface area contributed by atoms with Crippen LogP contribution in [0.5, 0.6) is 0 Å². The highest BCUT2D eigenvalue weighted by Gasteiger charge is 2.30. The van der Waals surface area contributed by atoms with E-state index in [9.17, 15) is 0 Å². The molecule has 0 heteroatoms. The van der Waals surface area contributed by atoms with Gasteiger partial charge in [-0.3, -0.25) is 0 Å². The van der Waals surface area contributed by atoms with Gasteiger partial charge in [0, 0.05) is 11.1 Å². The zero-order valence-electron chi connectivity index (χ0n) is 12.4. The van der Waals surface area contributed by atoms with Crippen LogP contribution >= 0.6 is 0 Å². The van der Waals surface area contributed by atoms with Crippen molar-refractivity contribution in [2.75, 3.05) is 0 Å².